The van der Waals surface area contributed by atoms with Crippen molar-refractivity contribution in [1.82, 2.24) is 0 Å². The Morgan fingerprint density at radius 1 is 0.806 bits per heavy atom. The number of anilines is 2. The van der Waals surface area contributed by atoms with Gasteiger partial charge < -0.3 is 14.7 Å². The summed E-state index contributed by atoms with van der Waals surface area (Å²) in [6.07, 6.45) is 1.86. The van der Waals surface area contributed by atoms with Gasteiger partial charge in [0.25, 0.3) is 0 Å². The summed E-state index contributed by atoms with van der Waals surface area (Å²) in [5.41, 5.74) is 5.88. The molecular weight excluding hydrogens is 461 g/mol. The molecule has 0 fully saturated rings. The zero-order valence-corrected chi connectivity index (χ0v) is 22.7. The zero-order valence-electron chi connectivity index (χ0n) is 21.7. The Balaban J connectivity index is 1.78. The maximum atomic E-state index is 10.9. The molecule has 36 heavy (non-hydrogen) atoms. The molecule has 4 rings (SSSR count). The summed E-state index contributed by atoms with van der Waals surface area (Å²) in [4.78, 5) is 2.38. The highest BCUT2D eigenvalue weighted by Gasteiger charge is 2.33. The molecule has 0 bridgehead atoms. The fourth-order valence-corrected chi connectivity index (χ4v) is 6.53. The molecule has 4 aromatic rings. The van der Waals surface area contributed by atoms with Crippen LogP contribution in [0.25, 0.3) is 0 Å². The molecule has 0 aliphatic carbocycles. The molecule has 4 aromatic carbocycles. The van der Waals surface area contributed by atoms with Gasteiger partial charge in [-0.15, -0.1) is 0 Å². The van der Waals surface area contributed by atoms with Crippen LogP contribution in [0.4, 0.5) is 11.4 Å². The molecule has 0 aliphatic heterocycles. The first kappa shape index (κ1) is 25.8. The van der Waals surface area contributed by atoms with Crippen LogP contribution in [0.1, 0.15) is 43.4 Å². The largest absolute Gasteiger partial charge is 0.508 e. The van der Waals surface area contributed by atoms with Gasteiger partial charge in [0, 0.05) is 28.6 Å². The second-order valence-electron chi connectivity index (χ2n) is 9.22. The van der Waals surface area contributed by atoms with Crippen LogP contribution >= 0.6 is 8.58 Å². The SMILES string of the molecule is CCC(CC)(Pc1ccc(C)cc1CN(c1ccccc1)c1ccccc1)c1cc(OC)ccc1O. The van der Waals surface area contributed by atoms with Gasteiger partial charge in [0.1, 0.15) is 11.5 Å². The number of hydrogen-bond donors (Lipinski definition) is 1. The van der Waals surface area contributed by atoms with Crippen LogP contribution in [0.5, 0.6) is 11.5 Å². The minimum Gasteiger partial charge on any atom is -0.508 e. The number of phenols is 1. The van der Waals surface area contributed by atoms with Gasteiger partial charge in [-0.2, -0.15) is 0 Å². The van der Waals surface area contributed by atoms with Gasteiger partial charge in [0.15, 0.2) is 0 Å². The molecule has 0 aromatic heterocycles. The van der Waals surface area contributed by atoms with Crippen LogP contribution in [0.2, 0.25) is 0 Å². The minimum atomic E-state index is -0.174. The lowest BCUT2D eigenvalue weighted by atomic mass is 9.91. The standard InChI is InChI=1S/C32H36NO2P/c1-5-32(6-2,29-22-28(35-4)18-19-30(29)34)36-31-20-17-24(3)21-25(31)23-33(26-13-9-7-10-14-26)27-15-11-8-12-16-27/h7-22,34,36H,5-6,23H2,1-4H3. The van der Waals surface area contributed by atoms with E-state index < -0.39 is 0 Å². The smallest absolute Gasteiger partial charge is 0.119 e. The van der Waals surface area contributed by atoms with Crippen LogP contribution < -0.4 is 14.9 Å². The molecule has 1 N–H and O–H groups in total. The number of phenolic OH excluding ortho intramolecular Hbond substituents is 1. The number of rotatable bonds is 10. The normalized spacial score (nSPS) is 11.7. The molecule has 0 radical (unpaired) electrons. The van der Waals surface area contributed by atoms with Gasteiger partial charge in [0.2, 0.25) is 0 Å². The number of aryl methyl sites for hydroxylation is 1. The summed E-state index contributed by atoms with van der Waals surface area (Å²) in [7, 11) is 2.18. The number of hydrogen-bond acceptors (Lipinski definition) is 3. The predicted molar refractivity (Wildman–Crippen MR) is 155 cm³/mol. The molecule has 0 aliphatic rings. The van der Waals surface area contributed by atoms with E-state index in [4.69, 9.17) is 4.74 Å². The molecule has 1 unspecified atom stereocenters. The number of nitrogens with zero attached hydrogens (tertiary/aromatic N) is 1. The number of ether oxygens (including phenoxy) is 1. The predicted octanol–water partition coefficient (Wildman–Crippen LogP) is 8.07. The first-order valence-corrected chi connectivity index (χ1v) is 13.6. The second kappa shape index (κ2) is 11.6. The van der Waals surface area contributed by atoms with Gasteiger partial charge in [-0.05, 0) is 73.1 Å². The second-order valence-corrected chi connectivity index (χ2v) is 11.0. The molecule has 0 saturated carbocycles. The summed E-state index contributed by atoms with van der Waals surface area (Å²) in [5, 5.41) is 12.1. The van der Waals surface area contributed by atoms with Crippen molar-refractivity contribution in [2.24, 2.45) is 0 Å². The molecule has 3 nitrogen and oxygen atoms in total. The van der Waals surface area contributed by atoms with Crippen molar-refractivity contribution in [3.05, 3.63) is 114 Å². The fourth-order valence-electron chi connectivity index (χ4n) is 4.85. The number of aromatic hydroxyl groups is 1. The topological polar surface area (TPSA) is 32.7 Å². The van der Waals surface area contributed by atoms with Gasteiger partial charge >= 0.3 is 0 Å². The summed E-state index contributed by atoms with van der Waals surface area (Å²) < 4.78 is 5.52. The van der Waals surface area contributed by atoms with Crippen LogP contribution in [0.3, 0.4) is 0 Å². The highest BCUT2D eigenvalue weighted by Crippen LogP contribution is 2.51. The first-order valence-electron chi connectivity index (χ1n) is 12.6. The Bertz CT molecular complexity index is 1230. The average Bonchev–Trinajstić information content (AvgIpc) is 2.93. The molecular formula is C32H36NO2P. The molecule has 186 valence electrons. The number of methoxy groups -OCH3 is 1. The van der Waals surface area contributed by atoms with E-state index in [0.29, 0.717) is 14.3 Å². The van der Waals surface area contributed by atoms with E-state index in [9.17, 15) is 5.11 Å². The summed E-state index contributed by atoms with van der Waals surface area (Å²) in [6, 6.07) is 33.6. The lowest BCUT2D eigenvalue weighted by molar-refractivity contribution is 0.406. The van der Waals surface area contributed by atoms with E-state index in [1.54, 1.807) is 13.2 Å². The third-order valence-electron chi connectivity index (χ3n) is 7.03. The van der Waals surface area contributed by atoms with Crippen LogP contribution in [-0.4, -0.2) is 12.2 Å². The maximum absolute atomic E-state index is 10.9. The van der Waals surface area contributed by atoms with Crippen molar-refractivity contribution in [1.29, 1.82) is 0 Å². The third kappa shape index (κ3) is 5.58. The summed E-state index contributed by atoms with van der Waals surface area (Å²) >= 11 is 0. The lowest BCUT2D eigenvalue weighted by Gasteiger charge is -2.35. The van der Waals surface area contributed by atoms with Gasteiger partial charge in [-0.1, -0.05) is 82.6 Å². The summed E-state index contributed by atoms with van der Waals surface area (Å²) in [6.45, 7) is 7.38. The van der Waals surface area contributed by atoms with E-state index in [0.717, 1.165) is 30.7 Å². The fraction of sp³-hybridized carbons (Fsp3) is 0.250. The zero-order chi connectivity index (χ0) is 25.5. The Kier molecular flexibility index (Phi) is 8.33. The van der Waals surface area contributed by atoms with E-state index in [1.807, 2.05) is 12.1 Å². The highest BCUT2D eigenvalue weighted by molar-refractivity contribution is 7.48. The van der Waals surface area contributed by atoms with Gasteiger partial charge in [-0.3, -0.25) is 0 Å². The van der Waals surface area contributed by atoms with Crippen molar-refractivity contribution in [2.45, 2.75) is 45.3 Å². The van der Waals surface area contributed by atoms with E-state index >= 15 is 0 Å². The molecule has 1 atom stereocenters. The van der Waals surface area contributed by atoms with Crippen molar-refractivity contribution in [3.63, 3.8) is 0 Å². The van der Waals surface area contributed by atoms with Crippen LogP contribution in [0, 0.1) is 6.92 Å². The van der Waals surface area contributed by atoms with E-state index in [-0.39, 0.29) is 5.16 Å². The summed E-state index contributed by atoms with van der Waals surface area (Å²) in [5.74, 6) is 1.12. The highest BCUT2D eigenvalue weighted by atomic mass is 31.1. The van der Waals surface area contributed by atoms with Crippen molar-refractivity contribution < 1.29 is 9.84 Å². The third-order valence-corrected chi connectivity index (χ3v) is 9.24. The molecule has 4 heteroatoms. The van der Waals surface area contributed by atoms with Gasteiger partial charge in [0.05, 0.1) is 7.11 Å². The van der Waals surface area contributed by atoms with Crippen LogP contribution in [0.15, 0.2) is 97.1 Å². The number of benzene rings is 4. The van der Waals surface area contributed by atoms with E-state index in [2.05, 4.69) is 105 Å². The number of para-hydroxylation sites is 2. The van der Waals surface area contributed by atoms with Crippen molar-refractivity contribution in [2.75, 3.05) is 12.0 Å². The Labute approximate surface area is 217 Å². The molecule has 0 amide bonds. The van der Waals surface area contributed by atoms with Crippen molar-refractivity contribution >= 4 is 25.3 Å². The Morgan fingerprint density at radius 2 is 1.42 bits per heavy atom. The monoisotopic (exact) mass is 497 g/mol. The van der Waals surface area contributed by atoms with E-state index in [1.165, 1.54) is 27.8 Å². The molecule has 0 heterocycles. The van der Waals surface area contributed by atoms with Crippen molar-refractivity contribution in [3.8, 4) is 11.5 Å². The Morgan fingerprint density at radius 3 is 1.97 bits per heavy atom. The lowest BCUT2D eigenvalue weighted by Crippen LogP contribution is -2.25. The Hall–Kier alpha value is -3.29. The maximum Gasteiger partial charge on any atom is 0.119 e. The van der Waals surface area contributed by atoms with Crippen LogP contribution in [-0.2, 0) is 11.7 Å². The average molecular weight is 498 g/mol. The molecule has 0 spiro atoms. The molecule has 0 saturated heterocycles. The quantitative estimate of drug-likeness (QED) is 0.225. The first-order chi connectivity index (χ1) is 17.5. The minimum absolute atomic E-state index is 0.174. The van der Waals surface area contributed by atoms with Gasteiger partial charge in [-0.25, -0.2) is 0 Å².